The van der Waals surface area contributed by atoms with Crippen LogP contribution in [-0.4, -0.2) is 13.7 Å². The maximum Gasteiger partial charge on any atom is 0.0493 e. The third-order valence-corrected chi connectivity index (χ3v) is 3.54. The van der Waals surface area contributed by atoms with Gasteiger partial charge < -0.3 is 4.74 Å². The van der Waals surface area contributed by atoms with E-state index >= 15 is 0 Å². The zero-order chi connectivity index (χ0) is 9.84. The number of ether oxygens (including phenoxy) is 1. The Morgan fingerprint density at radius 3 is 2.54 bits per heavy atom. The molecule has 0 aromatic carbocycles. The van der Waals surface area contributed by atoms with Gasteiger partial charge in [0.25, 0.3) is 0 Å². The van der Waals surface area contributed by atoms with Gasteiger partial charge in [-0.25, -0.2) is 0 Å². The molecule has 1 heteroatoms. The highest BCUT2D eigenvalue weighted by Crippen LogP contribution is 2.37. The molecule has 1 saturated carbocycles. The SMILES string of the molecule is COCC1CC(C)CCC1C(C)C. The molecule has 3 atom stereocenters. The lowest BCUT2D eigenvalue weighted by Crippen LogP contribution is -2.30. The Kier molecular flexibility index (Phi) is 4.24. The summed E-state index contributed by atoms with van der Waals surface area (Å²) in [6, 6.07) is 0. The Bertz CT molecular complexity index is 142. The minimum absolute atomic E-state index is 0.814. The molecule has 0 heterocycles. The van der Waals surface area contributed by atoms with E-state index in [9.17, 15) is 0 Å². The van der Waals surface area contributed by atoms with Gasteiger partial charge in [-0.15, -0.1) is 0 Å². The van der Waals surface area contributed by atoms with Crippen molar-refractivity contribution in [3.05, 3.63) is 0 Å². The van der Waals surface area contributed by atoms with Crippen molar-refractivity contribution in [1.82, 2.24) is 0 Å². The summed E-state index contributed by atoms with van der Waals surface area (Å²) in [7, 11) is 1.83. The molecule has 1 fully saturated rings. The molecule has 13 heavy (non-hydrogen) atoms. The summed E-state index contributed by atoms with van der Waals surface area (Å²) in [5.74, 6) is 3.45. The smallest absolute Gasteiger partial charge is 0.0493 e. The summed E-state index contributed by atoms with van der Waals surface area (Å²) in [5.41, 5.74) is 0. The van der Waals surface area contributed by atoms with Crippen molar-refractivity contribution in [3.8, 4) is 0 Å². The van der Waals surface area contributed by atoms with E-state index in [1.807, 2.05) is 7.11 Å². The average Bonchev–Trinajstić information content (AvgIpc) is 2.04. The third-order valence-electron chi connectivity index (χ3n) is 3.54. The van der Waals surface area contributed by atoms with Crippen molar-refractivity contribution in [3.63, 3.8) is 0 Å². The highest BCUT2D eigenvalue weighted by atomic mass is 16.5. The summed E-state index contributed by atoms with van der Waals surface area (Å²) in [5, 5.41) is 0. The second kappa shape index (κ2) is 4.99. The molecule has 1 aliphatic carbocycles. The van der Waals surface area contributed by atoms with E-state index in [4.69, 9.17) is 4.74 Å². The van der Waals surface area contributed by atoms with Crippen LogP contribution < -0.4 is 0 Å². The lowest BCUT2D eigenvalue weighted by molar-refractivity contribution is 0.0576. The summed E-state index contributed by atoms with van der Waals surface area (Å²) in [4.78, 5) is 0. The van der Waals surface area contributed by atoms with Crippen LogP contribution in [0.5, 0.6) is 0 Å². The van der Waals surface area contributed by atoms with Crippen molar-refractivity contribution in [2.45, 2.75) is 40.0 Å². The molecule has 1 rings (SSSR count). The number of hydrogen-bond acceptors (Lipinski definition) is 1. The van der Waals surface area contributed by atoms with Crippen molar-refractivity contribution in [2.24, 2.45) is 23.7 Å². The fourth-order valence-electron chi connectivity index (χ4n) is 2.81. The van der Waals surface area contributed by atoms with Gasteiger partial charge in [-0.2, -0.15) is 0 Å². The largest absolute Gasteiger partial charge is 0.384 e. The minimum Gasteiger partial charge on any atom is -0.384 e. The van der Waals surface area contributed by atoms with E-state index in [0.717, 1.165) is 30.3 Å². The second-order valence-electron chi connectivity index (χ2n) is 5.04. The predicted octanol–water partition coefficient (Wildman–Crippen LogP) is 3.34. The van der Waals surface area contributed by atoms with Crippen LogP contribution in [0.2, 0.25) is 0 Å². The molecule has 0 amide bonds. The van der Waals surface area contributed by atoms with E-state index in [2.05, 4.69) is 20.8 Å². The fraction of sp³-hybridized carbons (Fsp3) is 1.00. The van der Waals surface area contributed by atoms with Crippen LogP contribution in [-0.2, 0) is 4.74 Å². The van der Waals surface area contributed by atoms with Crippen LogP contribution in [0, 0.1) is 23.7 Å². The first-order chi connectivity index (χ1) is 6.15. The van der Waals surface area contributed by atoms with Gasteiger partial charge in [-0.3, -0.25) is 0 Å². The molecule has 0 bridgehead atoms. The van der Waals surface area contributed by atoms with E-state index in [1.165, 1.54) is 19.3 Å². The molecule has 3 unspecified atom stereocenters. The molecule has 78 valence electrons. The average molecular weight is 184 g/mol. The topological polar surface area (TPSA) is 9.23 Å². The maximum absolute atomic E-state index is 5.31. The van der Waals surface area contributed by atoms with Crippen LogP contribution in [0.1, 0.15) is 40.0 Å². The van der Waals surface area contributed by atoms with Crippen LogP contribution in [0.15, 0.2) is 0 Å². The summed E-state index contributed by atoms with van der Waals surface area (Å²) >= 11 is 0. The molecule has 1 aliphatic rings. The Balaban J connectivity index is 2.50. The van der Waals surface area contributed by atoms with Gasteiger partial charge >= 0.3 is 0 Å². The van der Waals surface area contributed by atoms with Gasteiger partial charge in [0.15, 0.2) is 0 Å². The normalized spacial score (nSPS) is 35.3. The van der Waals surface area contributed by atoms with Gasteiger partial charge in [0.2, 0.25) is 0 Å². The van der Waals surface area contributed by atoms with Crippen molar-refractivity contribution < 1.29 is 4.74 Å². The molecular formula is C12H24O. The zero-order valence-electron chi connectivity index (χ0n) is 9.55. The monoisotopic (exact) mass is 184 g/mol. The van der Waals surface area contributed by atoms with Crippen LogP contribution in [0.25, 0.3) is 0 Å². The van der Waals surface area contributed by atoms with Crippen LogP contribution in [0.3, 0.4) is 0 Å². The molecule has 0 aromatic heterocycles. The second-order valence-corrected chi connectivity index (χ2v) is 5.04. The third kappa shape index (κ3) is 2.98. The molecule has 0 saturated heterocycles. The van der Waals surface area contributed by atoms with E-state index in [1.54, 1.807) is 0 Å². The predicted molar refractivity (Wildman–Crippen MR) is 56.7 cm³/mol. The number of rotatable bonds is 3. The minimum atomic E-state index is 0.814. The lowest BCUT2D eigenvalue weighted by Gasteiger charge is -2.36. The summed E-state index contributed by atoms with van der Waals surface area (Å²) in [6.07, 6.45) is 4.20. The molecule has 0 aromatic rings. The van der Waals surface area contributed by atoms with Gasteiger partial charge in [-0.05, 0) is 36.5 Å². The standard InChI is InChI=1S/C12H24O/c1-9(2)12-6-5-10(3)7-11(12)8-13-4/h9-12H,5-8H2,1-4H3. The summed E-state index contributed by atoms with van der Waals surface area (Å²) in [6.45, 7) is 8.04. The summed E-state index contributed by atoms with van der Waals surface area (Å²) < 4.78 is 5.31. The van der Waals surface area contributed by atoms with Gasteiger partial charge in [-0.1, -0.05) is 27.2 Å². The van der Waals surface area contributed by atoms with Gasteiger partial charge in [0, 0.05) is 13.7 Å². The van der Waals surface area contributed by atoms with Crippen molar-refractivity contribution in [1.29, 1.82) is 0 Å². The Morgan fingerprint density at radius 1 is 1.31 bits per heavy atom. The quantitative estimate of drug-likeness (QED) is 0.653. The lowest BCUT2D eigenvalue weighted by atomic mass is 9.70. The first-order valence-corrected chi connectivity index (χ1v) is 5.64. The van der Waals surface area contributed by atoms with Crippen LogP contribution >= 0.6 is 0 Å². The first kappa shape index (κ1) is 11.0. The number of hydrogen-bond donors (Lipinski definition) is 0. The van der Waals surface area contributed by atoms with Crippen molar-refractivity contribution >= 4 is 0 Å². The Labute approximate surface area is 82.9 Å². The maximum atomic E-state index is 5.31. The molecule has 0 radical (unpaired) electrons. The first-order valence-electron chi connectivity index (χ1n) is 5.64. The van der Waals surface area contributed by atoms with Crippen LogP contribution in [0.4, 0.5) is 0 Å². The molecule has 0 spiro atoms. The Morgan fingerprint density at radius 2 is 2.00 bits per heavy atom. The Hall–Kier alpha value is -0.0400. The fourth-order valence-corrected chi connectivity index (χ4v) is 2.81. The van der Waals surface area contributed by atoms with Gasteiger partial charge in [0.05, 0.1) is 0 Å². The van der Waals surface area contributed by atoms with E-state index in [0.29, 0.717) is 0 Å². The van der Waals surface area contributed by atoms with E-state index < -0.39 is 0 Å². The van der Waals surface area contributed by atoms with Crippen molar-refractivity contribution in [2.75, 3.05) is 13.7 Å². The number of methoxy groups -OCH3 is 1. The van der Waals surface area contributed by atoms with Gasteiger partial charge in [0.1, 0.15) is 0 Å². The zero-order valence-corrected chi connectivity index (χ0v) is 9.55. The molecule has 0 N–H and O–H groups in total. The molecule has 0 aliphatic heterocycles. The van der Waals surface area contributed by atoms with E-state index in [-0.39, 0.29) is 0 Å². The highest BCUT2D eigenvalue weighted by Gasteiger charge is 2.30. The molecular weight excluding hydrogens is 160 g/mol. The highest BCUT2D eigenvalue weighted by molar-refractivity contribution is 4.80. The molecule has 1 nitrogen and oxygen atoms in total.